The molecule has 2 aromatic rings. The average molecular weight is 387 g/mol. The maximum atomic E-state index is 12.9. The molecule has 28 heavy (non-hydrogen) atoms. The highest BCUT2D eigenvalue weighted by Crippen LogP contribution is 2.42. The van der Waals surface area contributed by atoms with E-state index >= 15 is 0 Å². The van der Waals surface area contributed by atoms with E-state index in [0.717, 1.165) is 17.8 Å². The minimum Gasteiger partial charge on any atom is -0.448 e. The van der Waals surface area contributed by atoms with E-state index in [1.165, 1.54) is 13.5 Å². The molecule has 2 aliphatic rings. The number of ether oxygens (including phenoxy) is 1. The number of rotatable bonds is 4. The van der Waals surface area contributed by atoms with E-state index in [0.29, 0.717) is 50.4 Å². The van der Waals surface area contributed by atoms with Crippen LogP contribution in [0, 0.1) is 0 Å². The van der Waals surface area contributed by atoms with Crippen molar-refractivity contribution in [2.45, 2.75) is 38.1 Å². The van der Waals surface area contributed by atoms with Gasteiger partial charge in [0.2, 0.25) is 5.91 Å². The Morgan fingerprint density at radius 1 is 1.29 bits per heavy atom. The van der Waals surface area contributed by atoms with Gasteiger partial charge in [-0.15, -0.1) is 0 Å². The Hall–Kier alpha value is -2.68. The van der Waals surface area contributed by atoms with Crippen LogP contribution < -0.4 is 0 Å². The van der Waals surface area contributed by atoms with Crippen LogP contribution in [0.1, 0.15) is 47.4 Å². The number of likely N-dealkylation sites (tertiary alicyclic amines) is 1. The summed E-state index contributed by atoms with van der Waals surface area (Å²) < 4.78 is 10.4. The largest absolute Gasteiger partial charge is 0.448 e. The van der Waals surface area contributed by atoms with Crippen molar-refractivity contribution in [3.8, 4) is 0 Å². The van der Waals surface area contributed by atoms with Gasteiger partial charge in [0, 0.05) is 45.3 Å². The normalized spacial score (nSPS) is 18.4. The molecule has 9 heteroatoms. The fraction of sp³-hybridized carbons (Fsp3) is 0.579. The monoisotopic (exact) mass is 387 g/mol. The van der Waals surface area contributed by atoms with Crippen molar-refractivity contribution >= 4 is 11.8 Å². The molecule has 4 heterocycles. The second-order valence-corrected chi connectivity index (χ2v) is 7.26. The number of methoxy groups -OCH3 is 1. The summed E-state index contributed by atoms with van der Waals surface area (Å²) >= 11 is 0. The lowest BCUT2D eigenvalue weighted by molar-refractivity contribution is -0.145. The van der Waals surface area contributed by atoms with Gasteiger partial charge in [-0.1, -0.05) is 6.92 Å². The molecule has 0 aromatic carbocycles. The van der Waals surface area contributed by atoms with Crippen molar-refractivity contribution in [2.75, 3.05) is 33.4 Å². The number of aromatic nitrogens is 3. The molecule has 0 saturated carbocycles. The van der Waals surface area contributed by atoms with E-state index in [4.69, 9.17) is 9.15 Å². The first-order chi connectivity index (χ1) is 13.6. The lowest BCUT2D eigenvalue weighted by Crippen LogP contribution is -2.59. The molecule has 0 bridgehead atoms. The van der Waals surface area contributed by atoms with Crippen molar-refractivity contribution in [1.82, 2.24) is 24.8 Å². The predicted molar refractivity (Wildman–Crippen MR) is 98.6 cm³/mol. The van der Waals surface area contributed by atoms with Crippen LogP contribution >= 0.6 is 0 Å². The van der Waals surface area contributed by atoms with Crippen molar-refractivity contribution in [1.29, 1.82) is 0 Å². The predicted octanol–water partition coefficient (Wildman–Crippen LogP) is 1.12. The number of aryl methyl sites for hydroxylation is 1. The molecule has 0 atom stereocenters. The fourth-order valence-electron chi connectivity index (χ4n) is 4.47. The number of nitrogens with zero attached hydrogens (tertiary/aromatic N) is 4. The molecule has 1 saturated heterocycles. The van der Waals surface area contributed by atoms with Crippen LogP contribution in [0.5, 0.6) is 0 Å². The molecule has 150 valence electrons. The SMILES string of the molecule is CCc1ocnc1C(=O)N1CCC2(CC1)c1nc[nH]c1CCN2C(=O)COC. The first-order valence-electron chi connectivity index (χ1n) is 9.64. The summed E-state index contributed by atoms with van der Waals surface area (Å²) in [6, 6.07) is 0. The lowest BCUT2D eigenvalue weighted by atomic mass is 9.78. The molecule has 9 nitrogen and oxygen atoms in total. The number of hydrogen-bond acceptors (Lipinski definition) is 6. The first kappa shape index (κ1) is 18.7. The molecule has 2 amide bonds. The van der Waals surface area contributed by atoms with Gasteiger partial charge in [-0.05, 0) is 12.8 Å². The van der Waals surface area contributed by atoms with E-state index in [9.17, 15) is 9.59 Å². The smallest absolute Gasteiger partial charge is 0.276 e. The van der Waals surface area contributed by atoms with Crippen LogP contribution in [0.4, 0.5) is 0 Å². The highest BCUT2D eigenvalue weighted by Gasteiger charge is 2.49. The summed E-state index contributed by atoms with van der Waals surface area (Å²) in [6.07, 6.45) is 5.64. The van der Waals surface area contributed by atoms with Gasteiger partial charge in [-0.25, -0.2) is 9.97 Å². The van der Waals surface area contributed by atoms with Crippen LogP contribution in [0.15, 0.2) is 17.1 Å². The van der Waals surface area contributed by atoms with E-state index < -0.39 is 5.54 Å². The Balaban J connectivity index is 1.58. The van der Waals surface area contributed by atoms with Crippen LogP contribution in [-0.2, 0) is 27.9 Å². The van der Waals surface area contributed by atoms with Crippen LogP contribution in [0.25, 0.3) is 0 Å². The number of aromatic amines is 1. The number of nitrogens with one attached hydrogen (secondary N) is 1. The molecule has 2 aliphatic heterocycles. The number of carbonyl (C=O) groups excluding carboxylic acids is 2. The Labute approximate surface area is 163 Å². The number of hydrogen-bond donors (Lipinski definition) is 1. The standard InChI is InChI=1S/C19H25N5O4/c1-3-14-16(22-12-28-14)18(26)23-8-5-19(6-9-23)17-13(20-11-21-17)4-7-24(19)15(25)10-27-2/h11-12H,3-10H2,1-2H3,(H,20,21). The molecule has 4 rings (SSSR count). The molecule has 0 radical (unpaired) electrons. The number of oxazole rings is 1. The van der Waals surface area contributed by atoms with E-state index in [1.54, 1.807) is 11.2 Å². The summed E-state index contributed by atoms with van der Waals surface area (Å²) in [5.41, 5.74) is 1.88. The van der Waals surface area contributed by atoms with E-state index in [2.05, 4.69) is 15.0 Å². The van der Waals surface area contributed by atoms with Gasteiger partial charge < -0.3 is 23.9 Å². The highest BCUT2D eigenvalue weighted by molar-refractivity contribution is 5.93. The average Bonchev–Trinajstić information content (AvgIpc) is 3.38. The van der Waals surface area contributed by atoms with E-state index in [-0.39, 0.29) is 18.4 Å². The minimum absolute atomic E-state index is 0.0410. The molecule has 0 aliphatic carbocycles. The zero-order valence-corrected chi connectivity index (χ0v) is 16.2. The summed E-state index contributed by atoms with van der Waals surface area (Å²) in [6.45, 7) is 3.65. The lowest BCUT2D eigenvalue weighted by Gasteiger charge is -2.50. The molecular formula is C19H25N5O4. The Kier molecular flexibility index (Phi) is 4.92. The van der Waals surface area contributed by atoms with Crippen molar-refractivity contribution in [2.24, 2.45) is 0 Å². The van der Waals surface area contributed by atoms with Gasteiger partial charge in [0.15, 0.2) is 12.1 Å². The second kappa shape index (κ2) is 7.38. The highest BCUT2D eigenvalue weighted by atomic mass is 16.5. The number of amides is 2. The zero-order chi connectivity index (χ0) is 19.7. The van der Waals surface area contributed by atoms with E-state index in [1.807, 2.05) is 11.8 Å². The molecule has 1 fully saturated rings. The fourth-order valence-corrected chi connectivity index (χ4v) is 4.47. The van der Waals surface area contributed by atoms with Crippen molar-refractivity contribution in [3.05, 3.63) is 35.6 Å². The number of fused-ring (bicyclic) bond motifs is 2. The topological polar surface area (TPSA) is 105 Å². The Bertz CT molecular complexity index is 865. The van der Waals surface area contributed by atoms with Gasteiger partial charge in [-0.2, -0.15) is 0 Å². The van der Waals surface area contributed by atoms with Crippen LogP contribution in [0.2, 0.25) is 0 Å². The maximum Gasteiger partial charge on any atom is 0.276 e. The van der Waals surface area contributed by atoms with Crippen molar-refractivity contribution in [3.63, 3.8) is 0 Å². The number of carbonyl (C=O) groups is 2. The minimum atomic E-state index is -0.503. The molecule has 1 N–H and O–H groups in total. The third kappa shape index (κ3) is 2.90. The Morgan fingerprint density at radius 2 is 2.07 bits per heavy atom. The zero-order valence-electron chi connectivity index (χ0n) is 16.2. The third-order valence-electron chi connectivity index (χ3n) is 5.87. The quantitative estimate of drug-likeness (QED) is 0.843. The second-order valence-electron chi connectivity index (χ2n) is 7.26. The number of imidazole rings is 1. The molecule has 1 spiro atoms. The van der Waals surface area contributed by atoms with Gasteiger partial charge in [-0.3, -0.25) is 9.59 Å². The molecule has 2 aromatic heterocycles. The van der Waals surface area contributed by atoms with Gasteiger partial charge in [0.1, 0.15) is 12.4 Å². The van der Waals surface area contributed by atoms with Gasteiger partial charge in [0.05, 0.1) is 17.6 Å². The summed E-state index contributed by atoms with van der Waals surface area (Å²) in [4.78, 5) is 41.2. The molecule has 0 unspecified atom stereocenters. The first-order valence-corrected chi connectivity index (χ1v) is 9.64. The van der Waals surface area contributed by atoms with Gasteiger partial charge >= 0.3 is 0 Å². The maximum absolute atomic E-state index is 12.9. The van der Waals surface area contributed by atoms with Gasteiger partial charge in [0.25, 0.3) is 5.91 Å². The number of piperidine rings is 1. The van der Waals surface area contributed by atoms with Crippen molar-refractivity contribution < 1.29 is 18.7 Å². The summed E-state index contributed by atoms with van der Waals surface area (Å²) in [5, 5.41) is 0. The molecular weight excluding hydrogens is 362 g/mol. The third-order valence-corrected chi connectivity index (χ3v) is 5.87. The van der Waals surface area contributed by atoms with Crippen LogP contribution in [-0.4, -0.2) is 69.9 Å². The Morgan fingerprint density at radius 3 is 2.79 bits per heavy atom. The summed E-state index contributed by atoms with van der Waals surface area (Å²) in [7, 11) is 1.53. The number of H-pyrrole nitrogens is 1. The van der Waals surface area contributed by atoms with Crippen LogP contribution in [0.3, 0.4) is 0 Å². The summed E-state index contributed by atoms with van der Waals surface area (Å²) in [5.74, 6) is 0.448.